The van der Waals surface area contributed by atoms with E-state index < -0.39 is 5.97 Å². The van der Waals surface area contributed by atoms with Crippen molar-refractivity contribution in [1.29, 1.82) is 0 Å². The lowest BCUT2D eigenvalue weighted by molar-refractivity contribution is -0.136. The zero-order valence-corrected chi connectivity index (χ0v) is 8.46. The van der Waals surface area contributed by atoms with Crippen LogP contribution in [0.15, 0.2) is 29.4 Å². The SMILES string of the molecule is O=C(O)Cc1ccc(N2N=CCC2=O)cc1. The molecule has 0 unspecified atom stereocenters. The van der Waals surface area contributed by atoms with Crippen molar-refractivity contribution in [2.75, 3.05) is 5.01 Å². The molecule has 0 aliphatic carbocycles. The van der Waals surface area contributed by atoms with E-state index in [4.69, 9.17) is 5.11 Å². The van der Waals surface area contributed by atoms with Gasteiger partial charge in [-0.05, 0) is 17.7 Å². The van der Waals surface area contributed by atoms with Crippen molar-refractivity contribution in [2.24, 2.45) is 5.10 Å². The Morgan fingerprint density at radius 3 is 2.56 bits per heavy atom. The predicted octanol–water partition coefficient (Wildman–Crippen LogP) is 1.04. The number of carboxylic acid groups (broad SMARTS) is 1. The second kappa shape index (κ2) is 4.14. The highest BCUT2D eigenvalue weighted by Gasteiger charge is 2.18. The van der Waals surface area contributed by atoms with E-state index in [1.165, 1.54) is 5.01 Å². The Bertz CT molecular complexity index is 451. The van der Waals surface area contributed by atoms with Gasteiger partial charge in [0.25, 0.3) is 5.91 Å². The first kappa shape index (κ1) is 10.4. The van der Waals surface area contributed by atoms with E-state index in [2.05, 4.69) is 5.10 Å². The average Bonchev–Trinajstić information content (AvgIpc) is 2.65. The number of carbonyl (C=O) groups is 2. The van der Waals surface area contributed by atoms with Crippen LogP contribution in [0.5, 0.6) is 0 Å². The van der Waals surface area contributed by atoms with Gasteiger partial charge in [0.15, 0.2) is 0 Å². The Hall–Kier alpha value is -2.17. The second-order valence-electron chi connectivity index (χ2n) is 3.44. The first-order valence-corrected chi connectivity index (χ1v) is 4.83. The van der Waals surface area contributed by atoms with Gasteiger partial charge in [0.05, 0.1) is 18.5 Å². The number of anilines is 1. The quantitative estimate of drug-likeness (QED) is 0.823. The van der Waals surface area contributed by atoms with E-state index in [-0.39, 0.29) is 12.3 Å². The van der Waals surface area contributed by atoms with Gasteiger partial charge < -0.3 is 5.11 Å². The normalized spacial score (nSPS) is 14.5. The molecule has 5 heteroatoms. The summed E-state index contributed by atoms with van der Waals surface area (Å²) in [4.78, 5) is 21.8. The maximum atomic E-state index is 11.3. The number of rotatable bonds is 3. The molecule has 1 N–H and O–H groups in total. The topological polar surface area (TPSA) is 70.0 Å². The molecule has 0 spiro atoms. The monoisotopic (exact) mass is 218 g/mol. The molecule has 0 atom stereocenters. The van der Waals surface area contributed by atoms with Crippen LogP contribution in [0.1, 0.15) is 12.0 Å². The minimum Gasteiger partial charge on any atom is -0.481 e. The lowest BCUT2D eigenvalue weighted by atomic mass is 10.1. The van der Waals surface area contributed by atoms with Crippen LogP contribution >= 0.6 is 0 Å². The van der Waals surface area contributed by atoms with Crippen molar-refractivity contribution in [3.63, 3.8) is 0 Å². The molecule has 0 saturated heterocycles. The minimum atomic E-state index is -0.872. The number of aliphatic carboxylic acids is 1. The summed E-state index contributed by atoms with van der Waals surface area (Å²) in [5.41, 5.74) is 1.36. The van der Waals surface area contributed by atoms with Crippen LogP contribution in [0.25, 0.3) is 0 Å². The summed E-state index contributed by atoms with van der Waals surface area (Å²) >= 11 is 0. The van der Waals surface area contributed by atoms with Crippen LogP contribution in [0.3, 0.4) is 0 Å². The Balaban J connectivity index is 2.16. The fourth-order valence-electron chi connectivity index (χ4n) is 1.49. The standard InChI is InChI=1S/C11H10N2O3/c14-10-5-6-12-13(10)9-3-1-8(2-4-9)7-11(15)16/h1-4,6H,5,7H2,(H,15,16). The molecule has 82 valence electrons. The van der Waals surface area contributed by atoms with E-state index in [9.17, 15) is 9.59 Å². The Labute approximate surface area is 92.0 Å². The van der Waals surface area contributed by atoms with E-state index >= 15 is 0 Å². The molecule has 1 aliphatic heterocycles. The van der Waals surface area contributed by atoms with Crippen molar-refractivity contribution in [3.8, 4) is 0 Å². The molecule has 0 aromatic heterocycles. The summed E-state index contributed by atoms with van der Waals surface area (Å²) in [6.07, 6.45) is 1.85. The van der Waals surface area contributed by atoms with Gasteiger partial charge in [0.2, 0.25) is 0 Å². The Morgan fingerprint density at radius 2 is 2.06 bits per heavy atom. The summed E-state index contributed by atoms with van der Waals surface area (Å²) in [6.45, 7) is 0. The average molecular weight is 218 g/mol. The van der Waals surface area contributed by atoms with E-state index in [1.54, 1.807) is 30.5 Å². The molecule has 1 aliphatic rings. The summed E-state index contributed by atoms with van der Waals surface area (Å²) in [5, 5.41) is 13.8. The molecule has 0 saturated carbocycles. The molecule has 5 nitrogen and oxygen atoms in total. The molecule has 1 amide bonds. The van der Waals surface area contributed by atoms with Crippen LogP contribution in [-0.4, -0.2) is 23.2 Å². The number of nitrogens with zero attached hydrogens (tertiary/aromatic N) is 2. The number of benzene rings is 1. The molecular formula is C11H10N2O3. The third-order valence-corrected chi connectivity index (χ3v) is 2.24. The molecule has 1 aromatic rings. The van der Waals surface area contributed by atoms with Gasteiger partial charge in [-0.25, -0.2) is 5.01 Å². The predicted molar refractivity (Wildman–Crippen MR) is 58.4 cm³/mol. The molecule has 0 radical (unpaired) electrons. The van der Waals surface area contributed by atoms with Crippen LogP contribution in [-0.2, 0) is 16.0 Å². The van der Waals surface area contributed by atoms with Crippen LogP contribution < -0.4 is 5.01 Å². The van der Waals surface area contributed by atoms with Crippen molar-refractivity contribution in [3.05, 3.63) is 29.8 Å². The van der Waals surface area contributed by atoms with Crippen molar-refractivity contribution >= 4 is 23.8 Å². The zero-order chi connectivity index (χ0) is 11.5. The zero-order valence-electron chi connectivity index (χ0n) is 8.46. The minimum absolute atomic E-state index is 0.0164. The molecule has 16 heavy (non-hydrogen) atoms. The fourth-order valence-corrected chi connectivity index (χ4v) is 1.49. The highest BCUT2D eigenvalue weighted by atomic mass is 16.4. The second-order valence-corrected chi connectivity index (χ2v) is 3.44. The lowest BCUT2D eigenvalue weighted by Crippen LogP contribution is -2.19. The number of carbonyl (C=O) groups excluding carboxylic acids is 1. The Morgan fingerprint density at radius 1 is 1.38 bits per heavy atom. The van der Waals surface area contributed by atoms with Crippen molar-refractivity contribution in [2.45, 2.75) is 12.8 Å². The molecule has 0 bridgehead atoms. The molecular weight excluding hydrogens is 208 g/mol. The van der Waals surface area contributed by atoms with Crippen LogP contribution in [0.2, 0.25) is 0 Å². The van der Waals surface area contributed by atoms with Crippen LogP contribution in [0, 0.1) is 0 Å². The molecule has 1 aromatic carbocycles. The maximum absolute atomic E-state index is 11.3. The van der Waals surface area contributed by atoms with Gasteiger partial charge in [0.1, 0.15) is 0 Å². The highest BCUT2D eigenvalue weighted by Crippen LogP contribution is 2.19. The van der Waals surface area contributed by atoms with Crippen molar-refractivity contribution in [1.82, 2.24) is 0 Å². The summed E-state index contributed by atoms with van der Waals surface area (Å²) < 4.78 is 0. The number of amides is 1. The summed E-state index contributed by atoms with van der Waals surface area (Å²) in [6, 6.07) is 6.76. The van der Waals surface area contributed by atoms with E-state index in [0.717, 1.165) is 0 Å². The van der Waals surface area contributed by atoms with Gasteiger partial charge in [-0.1, -0.05) is 12.1 Å². The van der Waals surface area contributed by atoms with Crippen LogP contribution in [0.4, 0.5) is 5.69 Å². The van der Waals surface area contributed by atoms with Gasteiger partial charge in [-0.15, -0.1) is 0 Å². The summed E-state index contributed by atoms with van der Waals surface area (Å²) in [7, 11) is 0. The Kier molecular flexibility index (Phi) is 2.68. The number of hydrogen-bond acceptors (Lipinski definition) is 3. The number of carboxylic acids is 1. The van der Waals surface area contributed by atoms with Gasteiger partial charge >= 0.3 is 5.97 Å². The number of hydrazone groups is 1. The van der Waals surface area contributed by atoms with Crippen molar-refractivity contribution < 1.29 is 14.7 Å². The summed E-state index contributed by atoms with van der Waals surface area (Å²) in [5.74, 6) is -0.950. The lowest BCUT2D eigenvalue weighted by Gasteiger charge is -2.11. The third-order valence-electron chi connectivity index (χ3n) is 2.24. The molecule has 0 fully saturated rings. The largest absolute Gasteiger partial charge is 0.481 e. The smallest absolute Gasteiger partial charge is 0.307 e. The third kappa shape index (κ3) is 2.08. The molecule has 1 heterocycles. The number of hydrogen-bond donors (Lipinski definition) is 1. The van der Waals surface area contributed by atoms with Gasteiger partial charge in [-0.3, -0.25) is 9.59 Å². The fraction of sp³-hybridized carbons (Fsp3) is 0.182. The van der Waals surface area contributed by atoms with Gasteiger partial charge in [0, 0.05) is 6.21 Å². The van der Waals surface area contributed by atoms with E-state index in [1.807, 2.05) is 0 Å². The molecule has 2 rings (SSSR count). The first-order valence-electron chi connectivity index (χ1n) is 4.83. The highest BCUT2D eigenvalue weighted by molar-refractivity contribution is 6.05. The first-order chi connectivity index (χ1) is 7.66. The maximum Gasteiger partial charge on any atom is 0.307 e. The van der Waals surface area contributed by atoms with E-state index in [0.29, 0.717) is 17.7 Å². The van der Waals surface area contributed by atoms with Gasteiger partial charge in [-0.2, -0.15) is 5.10 Å².